The average molecular weight is 307 g/mol. The predicted octanol–water partition coefficient (Wildman–Crippen LogP) is 2.57. The second-order valence-corrected chi connectivity index (χ2v) is 4.71. The third-order valence-electron chi connectivity index (χ3n) is 2.99. The fraction of sp³-hybridized carbons (Fsp3) is 0.588. The summed E-state index contributed by atoms with van der Waals surface area (Å²) >= 11 is 0. The normalized spacial score (nSPS) is 11.3. The summed E-state index contributed by atoms with van der Waals surface area (Å²) in [6, 6.07) is 8.02. The Hall–Kier alpha value is -1.75. The molecule has 0 saturated heterocycles. The zero-order valence-corrected chi connectivity index (χ0v) is 14.0. The Bertz CT molecular complexity index is 436. The van der Waals surface area contributed by atoms with E-state index < -0.39 is 0 Å². The van der Waals surface area contributed by atoms with Gasteiger partial charge < -0.3 is 20.1 Å². The van der Waals surface area contributed by atoms with Crippen LogP contribution in [0, 0.1) is 0 Å². The summed E-state index contributed by atoms with van der Waals surface area (Å²) in [5.41, 5.74) is 1.09. The highest BCUT2D eigenvalue weighted by molar-refractivity contribution is 5.79. The number of rotatable bonds is 10. The summed E-state index contributed by atoms with van der Waals surface area (Å²) in [7, 11) is 0. The van der Waals surface area contributed by atoms with Crippen LogP contribution in [0.1, 0.15) is 32.8 Å². The molecule has 1 rings (SSSR count). The maximum absolute atomic E-state index is 5.63. The lowest BCUT2D eigenvalue weighted by molar-refractivity contribution is 0.145. The van der Waals surface area contributed by atoms with Gasteiger partial charge in [-0.15, -0.1) is 0 Å². The molecule has 0 aromatic heterocycles. The third kappa shape index (κ3) is 7.31. The number of nitrogens with one attached hydrogen (secondary N) is 2. The molecular weight excluding hydrogens is 278 g/mol. The highest BCUT2D eigenvalue weighted by atomic mass is 16.5. The molecule has 2 N–H and O–H groups in total. The van der Waals surface area contributed by atoms with Crippen LogP contribution in [0.3, 0.4) is 0 Å². The molecule has 22 heavy (non-hydrogen) atoms. The van der Waals surface area contributed by atoms with E-state index in [9.17, 15) is 0 Å². The van der Waals surface area contributed by atoms with E-state index in [4.69, 9.17) is 9.47 Å². The topological polar surface area (TPSA) is 54.9 Å². The second-order valence-electron chi connectivity index (χ2n) is 4.71. The van der Waals surface area contributed by atoms with Gasteiger partial charge in [-0.2, -0.15) is 0 Å². The van der Waals surface area contributed by atoms with E-state index in [-0.39, 0.29) is 0 Å². The van der Waals surface area contributed by atoms with Crippen molar-refractivity contribution in [2.75, 3.05) is 32.9 Å². The van der Waals surface area contributed by atoms with Crippen molar-refractivity contribution in [1.82, 2.24) is 10.6 Å². The average Bonchev–Trinajstić information content (AvgIpc) is 2.54. The summed E-state index contributed by atoms with van der Waals surface area (Å²) in [4.78, 5) is 4.62. The van der Waals surface area contributed by atoms with Crippen LogP contribution in [-0.4, -0.2) is 38.9 Å². The number of aliphatic imine (C=N–C) groups is 1. The Balaban J connectivity index is 2.54. The molecule has 0 aliphatic rings. The minimum absolute atomic E-state index is 0.594. The monoisotopic (exact) mass is 307 g/mol. The van der Waals surface area contributed by atoms with Crippen molar-refractivity contribution in [1.29, 1.82) is 0 Å². The molecule has 0 atom stereocenters. The number of benzene rings is 1. The molecule has 124 valence electrons. The van der Waals surface area contributed by atoms with Gasteiger partial charge >= 0.3 is 0 Å². The summed E-state index contributed by atoms with van der Waals surface area (Å²) < 4.78 is 11.0. The Morgan fingerprint density at radius 1 is 1.09 bits per heavy atom. The van der Waals surface area contributed by atoms with Gasteiger partial charge in [-0.3, -0.25) is 0 Å². The van der Waals surface area contributed by atoms with E-state index in [1.165, 1.54) is 0 Å². The van der Waals surface area contributed by atoms with Crippen LogP contribution >= 0.6 is 0 Å². The van der Waals surface area contributed by atoms with E-state index in [0.29, 0.717) is 13.2 Å². The Morgan fingerprint density at radius 2 is 1.91 bits per heavy atom. The molecule has 1 aromatic rings. The number of hydrogen-bond acceptors (Lipinski definition) is 3. The first kappa shape index (κ1) is 18.3. The van der Waals surface area contributed by atoms with Gasteiger partial charge in [0, 0.05) is 31.9 Å². The van der Waals surface area contributed by atoms with Crippen LogP contribution in [0.2, 0.25) is 0 Å². The van der Waals surface area contributed by atoms with E-state index in [0.717, 1.165) is 50.0 Å². The Kier molecular flexibility index (Phi) is 9.87. The Morgan fingerprint density at radius 3 is 2.64 bits per heavy atom. The van der Waals surface area contributed by atoms with Gasteiger partial charge in [-0.25, -0.2) is 4.99 Å². The van der Waals surface area contributed by atoms with Crippen molar-refractivity contribution in [2.24, 2.45) is 4.99 Å². The Labute approximate surface area is 134 Å². The molecule has 0 saturated carbocycles. The molecule has 0 spiro atoms. The van der Waals surface area contributed by atoms with Crippen molar-refractivity contribution in [3.05, 3.63) is 29.8 Å². The zero-order chi connectivity index (χ0) is 16.0. The molecule has 5 nitrogen and oxygen atoms in total. The first-order valence-electron chi connectivity index (χ1n) is 8.12. The second kappa shape index (κ2) is 11.9. The molecule has 0 aliphatic heterocycles. The molecule has 0 fully saturated rings. The summed E-state index contributed by atoms with van der Waals surface area (Å²) in [5, 5.41) is 6.57. The summed E-state index contributed by atoms with van der Waals surface area (Å²) in [5.74, 6) is 1.73. The first-order chi connectivity index (χ1) is 10.8. The van der Waals surface area contributed by atoms with Crippen LogP contribution in [0.25, 0.3) is 0 Å². The van der Waals surface area contributed by atoms with E-state index in [1.807, 2.05) is 38.1 Å². The maximum Gasteiger partial charge on any atom is 0.191 e. The van der Waals surface area contributed by atoms with Gasteiger partial charge in [-0.1, -0.05) is 18.2 Å². The summed E-state index contributed by atoms with van der Waals surface area (Å²) in [6.45, 7) is 10.5. The minimum atomic E-state index is 0.594. The van der Waals surface area contributed by atoms with Gasteiger partial charge in [0.1, 0.15) is 5.75 Å². The highest BCUT2D eigenvalue weighted by Crippen LogP contribution is 2.18. The number of para-hydroxylation sites is 1. The molecule has 0 bridgehead atoms. The molecule has 0 unspecified atom stereocenters. The third-order valence-corrected chi connectivity index (χ3v) is 2.99. The van der Waals surface area contributed by atoms with Crippen molar-refractivity contribution in [3.8, 4) is 5.75 Å². The largest absolute Gasteiger partial charge is 0.494 e. The van der Waals surface area contributed by atoms with E-state index in [2.05, 4.69) is 22.5 Å². The van der Waals surface area contributed by atoms with Crippen LogP contribution in [0.15, 0.2) is 29.3 Å². The molecular formula is C17H29N3O2. The lowest BCUT2D eigenvalue weighted by Gasteiger charge is -2.12. The van der Waals surface area contributed by atoms with Gasteiger partial charge in [0.2, 0.25) is 0 Å². The predicted molar refractivity (Wildman–Crippen MR) is 91.5 cm³/mol. The molecule has 0 amide bonds. The number of nitrogens with zero attached hydrogens (tertiary/aromatic N) is 1. The lowest BCUT2D eigenvalue weighted by Crippen LogP contribution is -2.38. The molecule has 1 aromatic carbocycles. The zero-order valence-electron chi connectivity index (χ0n) is 14.0. The van der Waals surface area contributed by atoms with Gasteiger partial charge in [0.15, 0.2) is 5.96 Å². The quantitative estimate of drug-likeness (QED) is 0.396. The molecule has 5 heteroatoms. The van der Waals surface area contributed by atoms with Crippen molar-refractivity contribution in [2.45, 2.75) is 33.7 Å². The molecule has 0 radical (unpaired) electrons. The number of hydrogen-bond donors (Lipinski definition) is 2. The number of guanidine groups is 1. The smallest absolute Gasteiger partial charge is 0.191 e. The fourth-order valence-electron chi connectivity index (χ4n) is 1.96. The van der Waals surface area contributed by atoms with Crippen molar-refractivity contribution >= 4 is 5.96 Å². The standard InChI is InChI=1S/C17H29N3O2/c1-4-18-17(19-12-9-13-21-5-2)20-14-15-10-7-8-11-16(15)22-6-3/h7-8,10-11H,4-6,9,12-14H2,1-3H3,(H2,18,19,20). The summed E-state index contributed by atoms with van der Waals surface area (Å²) in [6.07, 6.45) is 0.966. The molecule has 0 heterocycles. The van der Waals surface area contributed by atoms with Crippen LogP contribution in [0.5, 0.6) is 5.75 Å². The lowest BCUT2D eigenvalue weighted by atomic mass is 10.2. The van der Waals surface area contributed by atoms with Crippen molar-refractivity contribution < 1.29 is 9.47 Å². The SMILES string of the molecule is CCNC(=NCc1ccccc1OCC)NCCCOCC. The van der Waals surface area contributed by atoms with Crippen LogP contribution in [-0.2, 0) is 11.3 Å². The van der Waals surface area contributed by atoms with Crippen molar-refractivity contribution in [3.63, 3.8) is 0 Å². The van der Waals surface area contributed by atoms with Gasteiger partial charge in [0.05, 0.1) is 13.2 Å². The number of ether oxygens (including phenoxy) is 2. The highest BCUT2D eigenvalue weighted by Gasteiger charge is 2.02. The van der Waals surface area contributed by atoms with Crippen LogP contribution in [0.4, 0.5) is 0 Å². The van der Waals surface area contributed by atoms with E-state index in [1.54, 1.807) is 0 Å². The maximum atomic E-state index is 5.63. The van der Waals surface area contributed by atoms with Gasteiger partial charge in [-0.05, 0) is 33.3 Å². The van der Waals surface area contributed by atoms with Gasteiger partial charge in [0.25, 0.3) is 0 Å². The minimum Gasteiger partial charge on any atom is -0.494 e. The molecule has 0 aliphatic carbocycles. The van der Waals surface area contributed by atoms with Crippen LogP contribution < -0.4 is 15.4 Å². The fourth-order valence-corrected chi connectivity index (χ4v) is 1.96. The van der Waals surface area contributed by atoms with E-state index >= 15 is 0 Å². The first-order valence-corrected chi connectivity index (χ1v) is 8.12.